The SMILES string of the molecule is CNCCCN(C)Cc1coc(-c2ccc(C)cc2)n1. The topological polar surface area (TPSA) is 41.3 Å². The number of rotatable bonds is 7. The number of nitrogens with zero attached hydrogens (tertiary/aromatic N) is 2. The lowest BCUT2D eigenvalue weighted by molar-refractivity contribution is 0.317. The minimum Gasteiger partial charge on any atom is -0.444 e. The molecule has 4 heteroatoms. The van der Waals surface area contributed by atoms with Crippen molar-refractivity contribution in [1.82, 2.24) is 15.2 Å². The summed E-state index contributed by atoms with van der Waals surface area (Å²) in [5, 5.41) is 3.16. The minimum atomic E-state index is 0.698. The predicted molar refractivity (Wildman–Crippen MR) is 81.6 cm³/mol. The number of nitrogens with one attached hydrogen (secondary N) is 1. The average molecular weight is 273 g/mol. The highest BCUT2D eigenvalue weighted by Gasteiger charge is 2.08. The monoisotopic (exact) mass is 273 g/mol. The van der Waals surface area contributed by atoms with Gasteiger partial charge in [-0.3, -0.25) is 0 Å². The molecule has 0 aliphatic rings. The number of hydrogen-bond donors (Lipinski definition) is 1. The summed E-state index contributed by atoms with van der Waals surface area (Å²) in [6, 6.07) is 8.23. The van der Waals surface area contributed by atoms with Crippen molar-refractivity contribution in [1.29, 1.82) is 0 Å². The maximum Gasteiger partial charge on any atom is 0.226 e. The lowest BCUT2D eigenvalue weighted by Gasteiger charge is -2.14. The van der Waals surface area contributed by atoms with Gasteiger partial charge in [-0.25, -0.2) is 4.98 Å². The van der Waals surface area contributed by atoms with Gasteiger partial charge in [0.1, 0.15) is 6.26 Å². The van der Waals surface area contributed by atoms with Gasteiger partial charge >= 0.3 is 0 Å². The lowest BCUT2D eigenvalue weighted by Crippen LogP contribution is -2.22. The van der Waals surface area contributed by atoms with E-state index in [1.807, 2.05) is 19.2 Å². The third-order valence-electron chi connectivity index (χ3n) is 3.25. The summed E-state index contributed by atoms with van der Waals surface area (Å²) in [6.07, 6.45) is 2.89. The van der Waals surface area contributed by atoms with E-state index in [-0.39, 0.29) is 0 Å². The molecular formula is C16H23N3O. The second-order valence-electron chi connectivity index (χ2n) is 5.20. The maximum absolute atomic E-state index is 5.57. The van der Waals surface area contributed by atoms with E-state index in [1.165, 1.54) is 5.56 Å². The van der Waals surface area contributed by atoms with Crippen LogP contribution in [0.3, 0.4) is 0 Å². The summed E-state index contributed by atoms with van der Waals surface area (Å²) < 4.78 is 5.57. The number of oxazole rings is 1. The molecule has 2 aromatic rings. The van der Waals surface area contributed by atoms with Gasteiger partial charge in [0.2, 0.25) is 5.89 Å². The molecule has 108 valence electrons. The molecule has 0 aliphatic carbocycles. The first-order chi connectivity index (χ1) is 9.69. The van der Waals surface area contributed by atoms with Gasteiger partial charge in [0, 0.05) is 12.1 Å². The zero-order chi connectivity index (χ0) is 14.4. The summed E-state index contributed by atoms with van der Waals surface area (Å²) in [5.74, 6) is 0.698. The Balaban J connectivity index is 1.93. The lowest BCUT2D eigenvalue weighted by atomic mass is 10.1. The van der Waals surface area contributed by atoms with Crippen LogP contribution in [0.2, 0.25) is 0 Å². The Labute approximate surface area is 120 Å². The van der Waals surface area contributed by atoms with Gasteiger partial charge in [-0.15, -0.1) is 0 Å². The molecule has 0 saturated carbocycles. The molecule has 4 nitrogen and oxygen atoms in total. The fourth-order valence-electron chi connectivity index (χ4n) is 2.09. The molecule has 0 amide bonds. The fraction of sp³-hybridized carbons (Fsp3) is 0.438. The maximum atomic E-state index is 5.57. The molecule has 0 bridgehead atoms. The van der Waals surface area contributed by atoms with Crippen LogP contribution in [0.1, 0.15) is 17.7 Å². The molecule has 1 aromatic heterocycles. The summed E-state index contributed by atoms with van der Waals surface area (Å²) in [7, 11) is 4.08. The molecule has 0 fully saturated rings. The van der Waals surface area contributed by atoms with Crippen LogP contribution in [0.4, 0.5) is 0 Å². The second kappa shape index (κ2) is 7.22. The van der Waals surface area contributed by atoms with Gasteiger partial charge in [-0.1, -0.05) is 17.7 Å². The Hall–Kier alpha value is -1.65. The van der Waals surface area contributed by atoms with Crippen LogP contribution in [-0.2, 0) is 6.54 Å². The van der Waals surface area contributed by atoms with Crippen LogP contribution < -0.4 is 5.32 Å². The number of aromatic nitrogens is 1. The quantitative estimate of drug-likeness (QED) is 0.788. The first-order valence-electron chi connectivity index (χ1n) is 7.03. The molecule has 0 aliphatic heterocycles. The minimum absolute atomic E-state index is 0.698. The molecule has 0 saturated heterocycles. The van der Waals surface area contributed by atoms with Gasteiger partial charge in [-0.2, -0.15) is 0 Å². The van der Waals surface area contributed by atoms with Gasteiger partial charge in [0.05, 0.1) is 5.69 Å². The molecule has 0 unspecified atom stereocenters. The van der Waals surface area contributed by atoms with E-state index in [1.54, 1.807) is 6.26 Å². The molecule has 0 atom stereocenters. The first kappa shape index (κ1) is 14.8. The molecule has 1 aromatic carbocycles. The van der Waals surface area contributed by atoms with E-state index in [4.69, 9.17) is 4.42 Å². The van der Waals surface area contributed by atoms with Crippen molar-refractivity contribution in [3.8, 4) is 11.5 Å². The van der Waals surface area contributed by atoms with Crippen LogP contribution in [0.25, 0.3) is 11.5 Å². The van der Waals surface area contributed by atoms with Crippen molar-refractivity contribution in [3.63, 3.8) is 0 Å². The number of aryl methyl sites for hydroxylation is 1. The van der Waals surface area contributed by atoms with E-state index >= 15 is 0 Å². The molecule has 1 N–H and O–H groups in total. The average Bonchev–Trinajstić information content (AvgIpc) is 2.88. The van der Waals surface area contributed by atoms with Crippen LogP contribution >= 0.6 is 0 Å². The van der Waals surface area contributed by atoms with Crippen LogP contribution in [-0.4, -0.2) is 37.1 Å². The zero-order valence-electron chi connectivity index (χ0n) is 12.5. The van der Waals surface area contributed by atoms with E-state index in [2.05, 4.69) is 41.3 Å². The van der Waals surface area contributed by atoms with E-state index < -0.39 is 0 Å². The van der Waals surface area contributed by atoms with Crippen LogP contribution in [0.15, 0.2) is 34.9 Å². The van der Waals surface area contributed by atoms with Crippen molar-refractivity contribution in [2.75, 3.05) is 27.2 Å². The fourth-order valence-corrected chi connectivity index (χ4v) is 2.09. The van der Waals surface area contributed by atoms with E-state index in [0.29, 0.717) is 5.89 Å². The first-order valence-corrected chi connectivity index (χ1v) is 7.03. The Bertz CT molecular complexity index is 519. The van der Waals surface area contributed by atoms with Crippen molar-refractivity contribution in [3.05, 3.63) is 41.8 Å². The third kappa shape index (κ3) is 4.18. The predicted octanol–water partition coefficient (Wildman–Crippen LogP) is 2.69. The highest BCUT2D eigenvalue weighted by Crippen LogP contribution is 2.19. The molecular weight excluding hydrogens is 250 g/mol. The molecule has 0 radical (unpaired) electrons. The zero-order valence-corrected chi connectivity index (χ0v) is 12.5. The van der Waals surface area contributed by atoms with Gasteiger partial charge < -0.3 is 14.6 Å². The Kier molecular flexibility index (Phi) is 5.32. The highest BCUT2D eigenvalue weighted by molar-refractivity contribution is 5.53. The van der Waals surface area contributed by atoms with Crippen molar-refractivity contribution < 1.29 is 4.42 Å². The standard InChI is InChI=1S/C16H23N3O/c1-13-5-7-14(8-6-13)16-18-15(12-20-16)11-19(3)10-4-9-17-2/h5-8,12,17H,4,9-11H2,1-3H3. The van der Waals surface area contributed by atoms with Gasteiger partial charge in [0.25, 0.3) is 0 Å². The van der Waals surface area contributed by atoms with Gasteiger partial charge in [-0.05, 0) is 52.7 Å². The number of benzene rings is 1. The summed E-state index contributed by atoms with van der Waals surface area (Å²) >= 11 is 0. The van der Waals surface area contributed by atoms with Crippen LogP contribution in [0, 0.1) is 6.92 Å². The van der Waals surface area contributed by atoms with Crippen LogP contribution in [0.5, 0.6) is 0 Å². The largest absolute Gasteiger partial charge is 0.444 e. The van der Waals surface area contributed by atoms with Crippen molar-refractivity contribution in [2.24, 2.45) is 0 Å². The van der Waals surface area contributed by atoms with Crippen molar-refractivity contribution in [2.45, 2.75) is 19.9 Å². The summed E-state index contributed by atoms with van der Waals surface area (Å²) in [4.78, 5) is 6.81. The highest BCUT2D eigenvalue weighted by atomic mass is 16.3. The molecule has 0 spiro atoms. The molecule has 1 heterocycles. The van der Waals surface area contributed by atoms with Crippen molar-refractivity contribution >= 4 is 0 Å². The van der Waals surface area contributed by atoms with E-state index in [9.17, 15) is 0 Å². The Morgan fingerprint density at radius 1 is 1.25 bits per heavy atom. The number of hydrogen-bond acceptors (Lipinski definition) is 4. The third-order valence-corrected chi connectivity index (χ3v) is 3.25. The Morgan fingerprint density at radius 2 is 2.00 bits per heavy atom. The summed E-state index contributed by atoms with van der Waals surface area (Å²) in [6.45, 7) is 4.98. The second-order valence-corrected chi connectivity index (χ2v) is 5.20. The van der Waals surface area contributed by atoms with E-state index in [0.717, 1.165) is 37.3 Å². The molecule has 20 heavy (non-hydrogen) atoms. The van der Waals surface area contributed by atoms with Gasteiger partial charge in [0.15, 0.2) is 0 Å². The Morgan fingerprint density at radius 3 is 2.70 bits per heavy atom. The summed E-state index contributed by atoms with van der Waals surface area (Å²) in [5.41, 5.74) is 3.25. The normalized spacial score (nSPS) is 11.2. The molecule has 2 rings (SSSR count). The smallest absolute Gasteiger partial charge is 0.226 e.